The van der Waals surface area contributed by atoms with E-state index < -0.39 is 17.4 Å². The lowest BCUT2D eigenvalue weighted by Crippen LogP contribution is -3.00. The molecule has 1 aromatic heterocycles. The van der Waals surface area contributed by atoms with E-state index in [1.807, 2.05) is 23.2 Å². The molecule has 148 valence electrons. The fourth-order valence-electron chi connectivity index (χ4n) is 2.43. The minimum atomic E-state index is -1.63. The van der Waals surface area contributed by atoms with Crippen LogP contribution in [0.2, 0.25) is 5.02 Å². The van der Waals surface area contributed by atoms with Gasteiger partial charge in [0.05, 0.1) is 20.3 Å². The largest absolute Gasteiger partial charge is 1.00 e. The van der Waals surface area contributed by atoms with Crippen molar-refractivity contribution in [3.05, 3.63) is 40.4 Å². The number of anilines is 2. The summed E-state index contributed by atoms with van der Waals surface area (Å²) in [6, 6.07) is 5.08. The Bertz CT molecular complexity index is 794. The van der Waals surface area contributed by atoms with Crippen molar-refractivity contribution in [1.29, 1.82) is 0 Å². The summed E-state index contributed by atoms with van der Waals surface area (Å²) in [6.45, 7) is 5.13. The van der Waals surface area contributed by atoms with Gasteiger partial charge in [0.15, 0.2) is 5.41 Å². The van der Waals surface area contributed by atoms with Gasteiger partial charge in [0.1, 0.15) is 11.9 Å². The predicted molar refractivity (Wildman–Crippen MR) is 101 cm³/mol. The fraction of sp³-hybridized carbons (Fsp3) is 0.389. The summed E-state index contributed by atoms with van der Waals surface area (Å²) in [4.78, 5) is 25.0. The van der Waals surface area contributed by atoms with Gasteiger partial charge in [0, 0.05) is 16.5 Å². The first kappa shape index (κ1) is 23.6. The summed E-state index contributed by atoms with van der Waals surface area (Å²) < 4.78 is 12.1. The Morgan fingerprint density at radius 3 is 2.26 bits per heavy atom. The third-order valence-corrected chi connectivity index (χ3v) is 5.09. The van der Waals surface area contributed by atoms with E-state index in [4.69, 9.17) is 21.1 Å². The molecular weight excluding hydrogens is 503 g/mol. The highest BCUT2D eigenvalue weighted by molar-refractivity contribution is 7.13. The van der Waals surface area contributed by atoms with Crippen LogP contribution in [0.3, 0.4) is 0 Å². The molecule has 0 atom stereocenters. The Kier molecular flexibility index (Phi) is 8.97. The molecule has 9 heteroatoms. The second kappa shape index (κ2) is 10.2. The van der Waals surface area contributed by atoms with Gasteiger partial charge in [-0.25, -0.2) is 9.88 Å². The molecule has 0 saturated carbocycles. The van der Waals surface area contributed by atoms with Crippen LogP contribution in [0.15, 0.2) is 29.8 Å². The van der Waals surface area contributed by atoms with E-state index in [2.05, 4.69) is 5.32 Å². The van der Waals surface area contributed by atoms with Crippen molar-refractivity contribution >= 4 is 45.7 Å². The molecule has 0 radical (unpaired) electrons. The topological polar surface area (TPSA) is 68.5 Å². The molecule has 1 N–H and O–H groups in total. The van der Waals surface area contributed by atoms with Crippen LogP contribution in [0, 0.1) is 0 Å². The summed E-state index contributed by atoms with van der Waals surface area (Å²) in [5.41, 5.74) is -0.543. The summed E-state index contributed by atoms with van der Waals surface area (Å²) in [5.74, 6) is -1.38. The number of esters is 2. The van der Waals surface area contributed by atoms with E-state index in [-0.39, 0.29) is 42.2 Å². The molecule has 1 heterocycles. The van der Waals surface area contributed by atoms with Crippen LogP contribution in [-0.2, 0) is 31.5 Å². The Morgan fingerprint density at radius 1 is 1.22 bits per heavy atom. The summed E-state index contributed by atoms with van der Waals surface area (Å²) in [5, 5.41) is 6.40. The van der Waals surface area contributed by atoms with Gasteiger partial charge in [-0.05, 0) is 32.4 Å². The highest BCUT2D eigenvalue weighted by atomic mass is 127. The van der Waals surface area contributed by atoms with Crippen LogP contribution < -0.4 is 33.9 Å². The number of nitrogens with zero attached hydrogens (tertiary/aromatic N) is 1. The maximum atomic E-state index is 12.5. The maximum absolute atomic E-state index is 12.5. The van der Waals surface area contributed by atoms with Crippen LogP contribution in [0.1, 0.15) is 26.3 Å². The predicted octanol–water partition coefficient (Wildman–Crippen LogP) is 0.358. The lowest BCUT2D eigenvalue weighted by molar-refractivity contribution is -0.652. The lowest BCUT2D eigenvalue weighted by atomic mass is 9.82. The molecule has 0 bridgehead atoms. The number of rotatable bonds is 7. The van der Waals surface area contributed by atoms with E-state index in [1.165, 1.54) is 6.92 Å². The van der Waals surface area contributed by atoms with Gasteiger partial charge in [0.2, 0.25) is 0 Å². The molecule has 0 spiro atoms. The molecule has 0 unspecified atom stereocenters. The molecule has 0 aliphatic carbocycles. The summed E-state index contributed by atoms with van der Waals surface area (Å²) >= 11 is 7.97. The Morgan fingerprint density at radius 2 is 1.81 bits per heavy atom. The molecule has 27 heavy (non-hydrogen) atoms. The smallest absolute Gasteiger partial charge is 0.338 e. The molecule has 6 nitrogen and oxygen atoms in total. The Labute approximate surface area is 184 Å². The number of aromatic nitrogens is 1. The van der Waals surface area contributed by atoms with Crippen molar-refractivity contribution in [2.45, 2.75) is 26.2 Å². The van der Waals surface area contributed by atoms with E-state index in [0.29, 0.717) is 5.56 Å². The summed E-state index contributed by atoms with van der Waals surface area (Å²) in [6.07, 6.45) is 1.93. The number of carbonyl (C=O) groups is 2. The van der Waals surface area contributed by atoms with Crippen LogP contribution in [0.4, 0.5) is 10.8 Å². The van der Waals surface area contributed by atoms with Crippen molar-refractivity contribution in [2.24, 2.45) is 7.05 Å². The second-order valence-corrected chi connectivity index (χ2v) is 7.01. The van der Waals surface area contributed by atoms with Crippen molar-refractivity contribution in [3.8, 4) is 0 Å². The number of ether oxygens (including phenoxy) is 2. The van der Waals surface area contributed by atoms with E-state index in [9.17, 15) is 9.59 Å². The number of carbonyl (C=O) groups excluding carboxylic acids is 2. The van der Waals surface area contributed by atoms with Crippen molar-refractivity contribution < 1.29 is 47.6 Å². The van der Waals surface area contributed by atoms with Crippen LogP contribution in [-0.4, -0.2) is 25.2 Å². The van der Waals surface area contributed by atoms with Gasteiger partial charge in [-0.15, -0.1) is 0 Å². The molecular formula is C18H22ClIN2O4S. The van der Waals surface area contributed by atoms with E-state index in [1.54, 1.807) is 43.4 Å². The Hall–Kier alpha value is -1.39. The van der Waals surface area contributed by atoms with Crippen molar-refractivity contribution in [3.63, 3.8) is 0 Å². The van der Waals surface area contributed by atoms with Crippen LogP contribution in [0.25, 0.3) is 0 Å². The van der Waals surface area contributed by atoms with Gasteiger partial charge in [0.25, 0.3) is 0 Å². The van der Waals surface area contributed by atoms with Gasteiger partial charge < -0.3 is 33.5 Å². The van der Waals surface area contributed by atoms with E-state index in [0.717, 1.165) is 10.8 Å². The zero-order chi connectivity index (χ0) is 19.3. The van der Waals surface area contributed by atoms with Crippen LogP contribution in [0.5, 0.6) is 0 Å². The average molecular weight is 525 g/mol. The normalized spacial score (nSPS) is 10.7. The monoisotopic (exact) mass is 524 g/mol. The maximum Gasteiger partial charge on any atom is 0.338 e. The molecule has 1 aromatic carbocycles. The minimum Gasteiger partial charge on any atom is -1.00 e. The summed E-state index contributed by atoms with van der Waals surface area (Å²) in [7, 11) is 1.92. The Balaban J connectivity index is 0.00000364. The lowest BCUT2D eigenvalue weighted by Gasteiger charge is -2.26. The number of benzene rings is 1. The highest BCUT2D eigenvalue weighted by Crippen LogP contribution is 2.35. The zero-order valence-electron chi connectivity index (χ0n) is 15.5. The highest BCUT2D eigenvalue weighted by Gasteiger charge is 2.47. The number of halogens is 2. The molecule has 0 amide bonds. The molecule has 0 aliphatic rings. The molecule has 2 aromatic rings. The number of thiazole rings is 1. The number of hydrogen-bond acceptors (Lipinski definition) is 6. The van der Waals surface area contributed by atoms with Gasteiger partial charge in [-0.2, -0.15) is 0 Å². The number of hydrogen-bond donors (Lipinski definition) is 1. The van der Waals surface area contributed by atoms with E-state index >= 15 is 0 Å². The van der Waals surface area contributed by atoms with Gasteiger partial charge in [-0.3, -0.25) is 9.59 Å². The number of nitrogens with one attached hydrogen (secondary N) is 1. The third-order valence-electron chi connectivity index (χ3n) is 3.91. The van der Waals surface area contributed by atoms with Gasteiger partial charge >= 0.3 is 17.1 Å². The second-order valence-electron chi connectivity index (χ2n) is 5.70. The van der Waals surface area contributed by atoms with Crippen molar-refractivity contribution in [2.75, 3.05) is 18.5 Å². The fourth-order valence-corrected chi connectivity index (χ4v) is 3.58. The average Bonchev–Trinajstić information content (AvgIpc) is 2.99. The first-order valence-electron chi connectivity index (χ1n) is 8.19. The molecule has 0 aliphatic heterocycles. The zero-order valence-corrected chi connectivity index (χ0v) is 19.3. The standard InChI is InChI=1S/C18H21ClN2O4S.HI/c1-5-24-15(22)18(3,16(23)25-6-2)13-8-7-12(11-14(13)19)20-17-21(4)9-10-26-17;/h7-11H,5-6H2,1-4H3;1H. The first-order valence-corrected chi connectivity index (χ1v) is 9.44. The van der Waals surface area contributed by atoms with Crippen molar-refractivity contribution in [1.82, 2.24) is 0 Å². The third kappa shape index (κ3) is 5.11. The SMILES string of the molecule is CCOC(=O)C(C)(C(=O)OCC)c1ccc(Nc2scc[n+]2C)cc1Cl.[I-]. The van der Waals surface area contributed by atoms with Crippen LogP contribution >= 0.6 is 22.9 Å². The molecule has 2 rings (SSSR count). The molecule has 0 fully saturated rings. The minimum absolute atomic E-state index is 0. The first-order chi connectivity index (χ1) is 12.3. The quantitative estimate of drug-likeness (QED) is 0.245. The molecule has 0 saturated heterocycles. The van der Waals surface area contributed by atoms with Gasteiger partial charge in [-0.1, -0.05) is 29.0 Å². The number of aryl methyl sites for hydroxylation is 1.